The van der Waals surface area contributed by atoms with E-state index in [4.69, 9.17) is 16.0 Å². The van der Waals surface area contributed by atoms with Gasteiger partial charge in [0.1, 0.15) is 5.76 Å². The van der Waals surface area contributed by atoms with Gasteiger partial charge in [0.25, 0.3) is 0 Å². The van der Waals surface area contributed by atoms with Crippen LogP contribution in [0.25, 0.3) is 21.0 Å². The van der Waals surface area contributed by atoms with Crippen LogP contribution in [-0.2, 0) is 21.4 Å². The van der Waals surface area contributed by atoms with E-state index in [9.17, 15) is 13.2 Å². The number of nitrogens with one attached hydrogen (secondary N) is 2. The van der Waals surface area contributed by atoms with Crippen LogP contribution in [0.15, 0.2) is 70.0 Å². The Kier molecular flexibility index (Phi) is 6.38. The molecule has 0 radical (unpaired) electrons. The van der Waals surface area contributed by atoms with Gasteiger partial charge < -0.3 is 9.73 Å². The number of amides is 1. The normalized spacial score (nSPS) is 11.6. The van der Waals surface area contributed by atoms with E-state index in [1.54, 1.807) is 18.2 Å². The second-order valence-corrected chi connectivity index (χ2v) is 9.87. The zero-order chi connectivity index (χ0) is 21.8. The Balaban J connectivity index is 1.27. The van der Waals surface area contributed by atoms with Crippen LogP contribution in [0.1, 0.15) is 12.2 Å². The number of fused-ring (bicyclic) bond motifs is 1. The number of aromatic nitrogens is 1. The van der Waals surface area contributed by atoms with Crippen LogP contribution < -0.4 is 10.0 Å². The number of hydrogen-bond acceptors (Lipinski definition) is 6. The summed E-state index contributed by atoms with van der Waals surface area (Å²) in [6.45, 7) is 0.167. The van der Waals surface area contributed by atoms with Crippen LogP contribution in [0.5, 0.6) is 0 Å². The van der Waals surface area contributed by atoms with Crippen LogP contribution in [-0.4, -0.2) is 25.9 Å². The zero-order valence-corrected chi connectivity index (χ0v) is 18.6. The number of halogens is 1. The Bertz CT molecular complexity index is 1300. The summed E-state index contributed by atoms with van der Waals surface area (Å²) in [6.07, 6.45) is -0.00870. The van der Waals surface area contributed by atoms with Crippen molar-refractivity contribution in [1.29, 1.82) is 0 Å². The Morgan fingerprint density at radius 3 is 2.74 bits per heavy atom. The number of nitrogens with zero attached hydrogens (tertiary/aromatic N) is 1. The molecule has 160 valence electrons. The number of thiazole rings is 1. The lowest BCUT2D eigenvalue weighted by atomic mass is 10.3. The molecule has 7 nitrogen and oxygen atoms in total. The van der Waals surface area contributed by atoms with Crippen molar-refractivity contribution in [2.24, 2.45) is 0 Å². The average Bonchev–Trinajstić information content (AvgIpc) is 3.39. The fourth-order valence-electron chi connectivity index (χ4n) is 2.86. The number of carbonyl (C=O) groups is 1. The van der Waals surface area contributed by atoms with E-state index in [0.717, 1.165) is 15.2 Å². The smallest absolute Gasteiger partial charge is 0.240 e. The van der Waals surface area contributed by atoms with Crippen molar-refractivity contribution >= 4 is 49.1 Å². The summed E-state index contributed by atoms with van der Waals surface area (Å²) >= 11 is 7.36. The third-order valence-electron chi connectivity index (χ3n) is 4.38. The highest BCUT2D eigenvalue weighted by Gasteiger charge is 2.15. The van der Waals surface area contributed by atoms with Gasteiger partial charge in [-0.05, 0) is 42.5 Å². The number of benzene rings is 2. The molecule has 4 rings (SSSR count). The first-order valence-electron chi connectivity index (χ1n) is 9.37. The molecule has 0 unspecified atom stereocenters. The van der Waals surface area contributed by atoms with Crippen LogP contribution in [0, 0.1) is 0 Å². The number of furan rings is 1. The molecule has 0 aliphatic rings. The summed E-state index contributed by atoms with van der Waals surface area (Å²) in [4.78, 5) is 16.7. The molecule has 1 amide bonds. The summed E-state index contributed by atoms with van der Waals surface area (Å²) < 4.78 is 33.7. The average molecular weight is 476 g/mol. The number of para-hydroxylation sites is 1. The first kappa shape index (κ1) is 21.5. The predicted octanol–water partition coefficient (Wildman–Crippen LogP) is 4.19. The van der Waals surface area contributed by atoms with Crippen LogP contribution in [0.2, 0.25) is 5.02 Å². The maximum atomic E-state index is 12.2. The molecule has 10 heteroatoms. The molecule has 4 aromatic rings. The molecule has 0 saturated heterocycles. The molecule has 0 spiro atoms. The SMILES string of the molecule is O=C(CCNS(=O)(=O)c1cccc(Cl)c1)NCc1ccc(-c2nc3ccccc3s2)o1. The molecular weight excluding hydrogens is 458 g/mol. The highest BCUT2D eigenvalue weighted by Crippen LogP contribution is 2.31. The second kappa shape index (κ2) is 9.19. The van der Waals surface area contributed by atoms with Gasteiger partial charge in [-0.25, -0.2) is 18.1 Å². The minimum absolute atomic E-state index is 0.00870. The summed E-state index contributed by atoms with van der Waals surface area (Å²) in [6, 6.07) is 17.4. The number of hydrogen-bond donors (Lipinski definition) is 2. The molecule has 31 heavy (non-hydrogen) atoms. The number of sulfonamides is 1. The van der Waals surface area contributed by atoms with Crippen molar-refractivity contribution in [2.45, 2.75) is 17.9 Å². The summed E-state index contributed by atoms with van der Waals surface area (Å²) in [5.74, 6) is 0.925. The van der Waals surface area contributed by atoms with Gasteiger partial charge in [0.15, 0.2) is 10.8 Å². The van der Waals surface area contributed by atoms with Crippen LogP contribution >= 0.6 is 22.9 Å². The van der Waals surface area contributed by atoms with Crippen molar-refractivity contribution in [3.63, 3.8) is 0 Å². The lowest BCUT2D eigenvalue weighted by Crippen LogP contribution is -2.30. The maximum Gasteiger partial charge on any atom is 0.240 e. The van der Waals surface area contributed by atoms with Gasteiger partial charge in [0.2, 0.25) is 15.9 Å². The van der Waals surface area contributed by atoms with Crippen LogP contribution in [0.3, 0.4) is 0 Å². The molecule has 0 fully saturated rings. The maximum absolute atomic E-state index is 12.2. The zero-order valence-electron chi connectivity index (χ0n) is 16.2. The molecule has 0 atom stereocenters. The molecule has 2 aromatic heterocycles. The van der Waals surface area contributed by atoms with E-state index >= 15 is 0 Å². The van der Waals surface area contributed by atoms with Gasteiger partial charge >= 0.3 is 0 Å². The predicted molar refractivity (Wildman–Crippen MR) is 120 cm³/mol. The molecule has 0 saturated carbocycles. The molecular formula is C21H18ClN3O4S2. The van der Waals surface area contributed by atoms with Crippen molar-refractivity contribution < 1.29 is 17.6 Å². The fraction of sp³-hybridized carbons (Fsp3) is 0.143. The molecule has 0 bridgehead atoms. The molecule has 2 aromatic carbocycles. The Morgan fingerprint density at radius 2 is 1.94 bits per heavy atom. The third-order valence-corrected chi connectivity index (χ3v) is 7.12. The molecule has 2 N–H and O–H groups in total. The Hall–Kier alpha value is -2.72. The van der Waals surface area contributed by atoms with E-state index in [0.29, 0.717) is 16.5 Å². The van der Waals surface area contributed by atoms with Gasteiger partial charge in [-0.1, -0.05) is 29.8 Å². The molecule has 0 aliphatic carbocycles. The van der Waals surface area contributed by atoms with Gasteiger partial charge in [0.05, 0.1) is 21.7 Å². The topological polar surface area (TPSA) is 101 Å². The van der Waals surface area contributed by atoms with E-state index in [1.165, 1.54) is 23.5 Å². The highest BCUT2D eigenvalue weighted by atomic mass is 35.5. The minimum Gasteiger partial charge on any atom is -0.457 e. The summed E-state index contributed by atoms with van der Waals surface area (Å²) in [5, 5.41) is 3.82. The summed E-state index contributed by atoms with van der Waals surface area (Å²) in [5.41, 5.74) is 0.911. The van der Waals surface area contributed by atoms with Gasteiger partial charge in [0, 0.05) is 18.0 Å². The lowest BCUT2D eigenvalue weighted by Gasteiger charge is -2.07. The molecule has 2 heterocycles. The van der Waals surface area contributed by atoms with Crippen molar-refractivity contribution in [2.75, 3.05) is 6.54 Å². The number of rotatable bonds is 8. The second-order valence-electron chi connectivity index (χ2n) is 6.63. The third kappa shape index (κ3) is 5.31. The monoisotopic (exact) mass is 475 g/mol. The molecule has 0 aliphatic heterocycles. The van der Waals surface area contributed by atoms with E-state index in [-0.39, 0.29) is 30.3 Å². The van der Waals surface area contributed by atoms with E-state index < -0.39 is 10.0 Å². The van der Waals surface area contributed by atoms with Gasteiger partial charge in [-0.2, -0.15) is 0 Å². The van der Waals surface area contributed by atoms with Crippen LogP contribution in [0.4, 0.5) is 0 Å². The van der Waals surface area contributed by atoms with Crippen molar-refractivity contribution in [3.8, 4) is 10.8 Å². The minimum atomic E-state index is -3.72. The number of carbonyl (C=O) groups excluding carboxylic acids is 1. The van der Waals surface area contributed by atoms with E-state index in [2.05, 4.69) is 15.0 Å². The quantitative estimate of drug-likeness (QED) is 0.398. The lowest BCUT2D eigenvalue weighted by molar-refractivity contribution is -0.121. The Labute approximate surface area is 188 Å². The standard InChI is InChI=1S/C21H18ClN3O4S2/c22-14-4-3-5-16(12-14)31(27,28)24-11-10-20(26)23-13-15-8-9-18(29-15)21-25-17-6-1-2-7-19(17)30-21/h1-9,12,24H,10-11,13H2,(H,23,26). The van der Waals surface area contributed by atoms with Gasteiger partial charge in [-0.3, -0.25) is 4.79 Å². The Morgan fingerprint density at radius 1 is 1.10 bits per heavy atom. The first-order valence-corrected chi connectivity index (χ1v) is 12.0. The first-order chi connectivity index (χ1) is 14.9. The fourth-order valence-corrected chi connectivity index (χ4v) is 5.12. The largest absolute Gasteiger partial charge is 0.457 e. The van der Waals surface area contributed by atoms with Crippen molar-refractivity contribution in [1.82, 2.24) is 15.0 Å². The summed E-state index contributed by atoms with van der Waals surface area (Å²) in [7, 11) is -3.72. The highest BCUT2D eigenvalue weighted by molar-refractivity contribution is 7.89. The van der Waals surface area contributed by atoms with E-state index in [1.807, 2.05) is 30.3 Å². The van der Waals surface area contributed by atoms with Crippen molar-refractivity contribution in [3.05, 3.63) is 71.4 Å². The van der Waals surface area contributed by atoms with Gasteiger partial charge in [-0.15, -0.1) is 11.3 Å².